The van der Waals surface area contributed by atoms with Crippen LogP contribution in [0.4, 0.5) is 0 Å². The molecule has 1 fully saturated rings. The zero-order valence-corrected chi connectivity index (χ0v) is 16.4. The molecule has 0 spiro atoms. The van der Waals surface area contributed by atoms with E-state index in [1.807, 2.05) is 0 Å². The number of phenolic OH excluding ortho intramolecular Hbond substituents is 1. The van der Waals surface area contributed by atoms with Crippen LogP contribution in [0, 0.1) is 0 Å². The molecule has 1 aliphatic rings. The lowest BCUT2D eigenvalue weighted by molar-refractivity contribution is -0.121. The van der Waals surface area contributed by atoms with Gasteiger partial charge in [-0.1, -0.05) is 43.9 Å². The lowest BCUT2D eigenvalue weighted by Crippen LogP contribution is -2.37. The molecule has 4 nitrogen and oxygen atoms in total. The highest BCUT2D eigenvalue weighted by molar-refractivity contribution is 5.79. The number of benzene rings is 1. The van der Waals surface area contributed by atoms with Gasteiger partial charge in [0.05, 0.1) is 13.5 Å². The van der Waals surface area contributed by atoms with E-state index in [-0.39, 0.29) is 17.7 Å². The highest BCUT2D eigenvalue weighted by Crippen LogP contribution is 2.30. The summed E-state index contributed by atoms with van der Waals surface area (Å²) in [5, 5.41) is 12.8. The molecule has 26 heavy (non-hydrogen) atoms. The SMILES string of the molecule is CCCC(CCC)=C1CCC(NC(=O)Cc2ccc(O)c(OC)c2)CC1. The summed E-state index contributed by atoms with van der Waals surface area (Å²) in [4.78, 5) is 12.4. The van der Waals surface area contributed by atoms with Gasteiger partial charge in [-0.25, -0.2) is 0 Å². The Morgan fingerprint density at radius 3 is 2.42 bits per heavy atom. The van der Waals surface area contributed by atoms with Gasteiger partial charge in [0, 0.05) is 6.04 Å². The second kappa shape index (κ2) is 10.2. The molecule has 1 aliphatic carbocycles. The molecule has 0 radical (unpaired) electrons. The number of phenols is 1. The number of rotatable bonds is 8. The Hall–Kier alpha value is -1.97. The van der Waals surface area contributed by atoms with Crippen molar-refractivity contribution in [3.63, 3.8) is 0 Å². The first-order chi connectivity index (χ1) is 12.6. The zero-order chi connectivity index (χ0) is 18.9. The Labute approximate surface area is 157 Å². The maximum absolute atomic E-state index is 12.4. The summed E-state index contributed by atoms with van der Waals surface area (Å²) in [7, 11) is 1.51. The standard InChI is InChI=1S/C22H33NO3/c1-4-6-17(7-5-2)18-9-11-19(12-10-18)23-22(25)15-16-8-13-20(24)21(14-16)26-3/h8,13-14,19,24H,4-7,9-12,15H2,1-3H3,(H,23,25). The molecule has 4 heteroatoms. The predicted molar refractivity (Wildman–Crippen MR) is 106 cm³/mol. The quantitative estimate of drug-likeness (QED) is 0.649. The summed E-state index contributed by atoms with van der Waals surface area (Å²) < 4.78 is 5.10. The third-order valence-corrected chi connectivity index (χ3v) is 5.17. The molecule has 0 bridgehead atoms. The lowest BCUT2D eigenvalue weighted by Gasteiger charge is -2.27. The molecule has 0 atom stereocenters. The topological polar surface area (TPSA) is 58.6 Å². The Morgan fingerprint density at radius 2 is 1.85 bits per heavy atom. The van der Waals surface area contributed by atoms with Crippen LogP contribution in [0.5, 0.6) is 11.5 Å². The Kier molecular flexibility index (Phi) is 8.02. The van der Waals surface area contributed by atoms with Gasteiger partial charge in [-0.15, -0.1) is 0 Å². The Bertz CT molecular complexity index is 618. The van der Waals surface area contributed by atoms with Gasteiger partial charge < -0.3 is 15.2 Å². The van der Waals surface area contributed by atoms with E-state index in [1.165, 1.54) is 32.8 Å². The highest BCUT2D eigenvalue weighted by atomic mass is 16.5. The van der Waals surface area contributed by atoms with Crippen molar-refractivity contribution in [3.8, 4) is 11.5 Å². The minimum Gasteiger partial charge on any atom is -0.504 e. The normalized spacial score (nSPS) is 17.0. The molecule has 1 amide bonds. The first-order valence-electron chi connectivity index (χ1n) is 9.92. The largest absolute Gasteiger partial charge is 0.504 e. The van der Waals surface area contributed by atoms with Crippen molar-refractivity contribution in [1.29, 1.82) is 0 Å². The Balaban J connectivity index is 1.87. The fourth-order valence-corrected chi connectivity index (χ4v) is 3.84. The van der Waals surface area contributed by atoms with Crippen LogP contribution in [-0.2, 0) is 11.2 Å². The Morgan fingerprint density at radius 1 is 1.19 bits per heavy atom. The molecule has 0 unspecified atom stereocenters. The number of carbonyl (C=O) groups excluding carboxylic acids is 1. The smallest absolute Gasteiger partial charge is 0.224 e. The van der Waals surface area contributed by atoms with E-state index in [9.17, 15) is 9.90 Å². The number of hydrogen-bond donors (Lipinski definition) is 2. The molecule has 1 saturated carbocycles. The molecule has 0 saturated heterocycles. The van der Waals surface area contributed by atoms with Gasteiger partial charge >= 0.3 is 0 Å². The van der Waals surface area contributed by atoms with Crippen LogP contribution in [0.25, 0.3) is 0 Å². The van der Waals surface area contributed by atoms with Crippen molar-refractivity contribution < 1.29 is 14.6 Å². The molecule has 0 heterocycles. The minimum atomic E-state index is 0.0394. The van der Waals surface area contributed by atoms with E-state index in [2.05, 4.69) is 19.2 Å². The monoisotopic (exact) mass is 359 g/mol. The number of methoxy groups -OCH3 is 1. The van der Waals surface area contributed by atoms with Gasteiger partial charge in [-0.05, 0) is 56.2 Å². The van der Waals surface area contributed by atoms with Gasteiger partial charge in [-0.3, -0.25) is 4.79 Å². The molecular weight excluding hydrogens is 326 g/mol. The number of amides is 1. The molecule has 0 aliphatic heterocycles. The van der Waals surface area contributed by atoms with Crippen molar-refractivity contribution in [3.05, 3.63) is 34.9 Å². The van der Waals surface area contributed by atoms with Gasteiger partial charge in [0.15, 0.2) is 11.5 Å². The van der Waals surface area contributed by atoms with Crippen LogP contribution in [0.2, 0.25) is 0 Å². The summed E-state index contributed by atoms with van der Waals surface area (Å²) >= 11 is 0. The van der Waals surface area contributed by atoms with Crippen molar-refractivity contribution in [2.45, 2.75) is 77.7 Å². The molecule has 2 rings (SSSR count). The summed E-state index contributed by atoms with van der Waals surface area (Å²) in [5.74, 6) is 0.540. The van der Waals surface area contributed by atoms with Gasteiger partial charge in [0.25, 0.3) is 0 Å². The lowest BCUT2D eigenvalue weighted by atomic mass is 9.85. The van der Waals surface area contributed by atoms with Crippen LogP contribution < -0.4 is 10.1 Å². The number of carbonyl (C=O) groups is 1. The van der Waals surface area contributed by atoms with Crippen LogP contribution in [0.3, 0.4) is 0 Å². The fraction of sp³-hybridized carbons (Fsp3) is 0.591. The molecular formula is C22H33NO3. The summed E-state index contributed by atoms with van der Waals surface area (Å²) in [6.07, 6.45) is 9.51. The summed E-state index contributed by atoms with van der Waals surface area (Å²) in [5.41, 5.74) is 4.15. The third kappa shape index (κ3) is 5.79. The minimum absolute atomic E-state index is 0.0394. The summed E-state index contributed by atoms with van der Waals surface area (Å²) in [6, 6.07) is 5.33. The van der Waals surface area contributed by atoms with Crippen molar-refractivity contribution >= 4 is 5.91 Å². The molecule has 1 aromatic rings. The van der Waals surface area contributed by atoms with Crippen molar-refractivity contribution in [1.82, 2.24) is 5.32 Å². The molecule has 144 valence electrons. The number of ether oxygens (including phenoxy) is 1. The third-order valence-electron chi connectivity index (χ3n) is 5.17. The van der Waals surface area contributed by atoms with E-state index >= 15 is 0 Å². The molecule has 2 N–H and O–H groups in total. The van der Waals surface area contributed by atoms with Crippen LogP contribution in [0.15, 0.2) is 29.3 Å². The van der Waals surface area contributed by atoms with Gasteiger partial charge in [-0.2, -0.15) is 0 Å². The van der Waals surface area contributed by atoms with Crippen molar-refractivity contribution in [2.75, 3.05) is 7.11 Å². The number of hydrogen-bond acceptors (Lipinski definition) is 3. The number of nitrogens with one attached hydrogen (secondary N) is 1. The van der Waals surface area contributed by atoms with Gasteiger partial charge in [0.1, 0.15) is 0 Å². The first kappa shape index (κ1) is 20.3. The number of allylic oxidation sites excluding steroid dienone is 2. The first-order valence-corrected chi connectivity index (χ1v) is 9.92. The van der Waals surface area contributed by atoms with E-state index < -0.39 is 0 Å². The molecule has 0 aromatic heterocycles. The van der Waals surface area contributed by atoms with Crippen LogP contribution in [0.1, 0.15) is 70.8 Å². The van der Waals surface area contributed by atoms with E-state index in [0.29, 0.717) is 12.2 Å². The predicted octanol–water partition coefficient (Wildman–Crippen LogP) is 4.90. The summed E-state index contributed by atoms with van der Waals surface area (Å²) in [6.45, 7) is 4.50. The van der Waals surface area contributed by atoms with Gasteiger partial charge in [0.2, 0.25) is 5.91 Å². The maximum Gasteiger partial charge on any atom is 0.224 e. The van der Waals surface area contributed by atoms with E-state index in [0.717, 1.165) is 31.2 Å². The second-order valence-corrected chi connectivity index (χ2v) is 7.23. The van der Waals surface area contributed by atoms with E-state index in [1.54, 1.807) is 29.3 Å². The maximum atomic E-state index is 12.4. The van der Waals surface area contributed by atoms with Crippen molar-refractivity contribution in [2.24, 2.45) is 0 Å². The van der Waals surface area contributed by atoms with Crippen LogP contribution >= 0.6 is 0 Å². The number of aromatic hydroxyl groups is 1. The van der Waals surface area contributed by atoms with E-state index in [4.69, 9.17) is 4.74 Å². The second-order valence-electron chi connectivity index (χ2n) is 7.23. The fourth-order valence-electron chi connectivity index (χ4n) is 3.84. The van der Waals surface area contributed by atoms with Crippen LogP contribution in [-0.4, -0.2) is 24.2 Å². The average molecular weight is 360 g/mol. The average Bonchev–Trinajstić information content (AvgIpc) is 2.64. The zero-order valence-electron chi connectivity index (χ0n) is 16.4. The molecule has 1 aromatic carbocycles. The highest BCUT2D eigenvalue weighted by Gasteiger charge is 2.20.